The molecule has 96 valence electrons. The highest BCUT2D eigenvalue weighted by Crippen LogP contribution is 2.36. The van der Waals surface area contributed by atoms with Gasteiger partial charge in [-0.15, -0.1) is 0 Å². The number of ether oxygens (including phenoxy) is 1. The Morgan fingerprint density at radius 1 is 1.39 bits per heavy atom. The Kier molecular flexibility index (Phi) is 4.19. The number of nitrogens with one attached hydrogen (secondary N) is 1. The van der Waals surface area contributed by atoms with E-state index < -0.39 is 0 Å². The third kappa shape index (κ3) is 3.00. The van der Waals surface area contributed by atoms with Gasteiger partial charge < -0.3 is 14.5 Å². The van der Waals surface area contributed by atoms with Crippen molar-refractivity contribution in [2.45, 2.75) is 13.5 Å². The van der Waals surface area contributed by atoms with E-state index in [1.165, 1.54) is 0 Å². The van der Waals surface area contributed by atoms with Gasteiger partial charge in [-0.05, 0) is 47.1 Å². The molecular weight excluding hydrogens is 318 g/mol. The Morgan fingerprint density at radius 3 is 2.78 bits per heavy atom. The first-order valence-electron chi connectivity index (χ1n) is 5.42. The zero-order chi connectivity index (χ0) is 13.1. The van der Waals surface area contributed by atoms with Crippen LogP contribution in [0.5, 0.6) is 5.75 Å². The van der Waals surface area contributed by atoms with E-state index in [4.69, 9.17) is 20.8 Å². The topological polar surface area (TPSA) is 34.4 Å². The molecule has 1 aromatic carbocycles. The molecule has 0 saturated carbocycles. The molecule has 5 heteroatoms. The van der Waals surface area contributed by atoms with Gasteiger partial charge in [0.2, 0.25) is 0 Å². The number of furan rings is 1. The molecule has 1 N–H and O–H groups in total. The Hall–Kier alpha value is -1.13. The first-order valence-corrected chi connectivity index (χ1v) is 6.59. The van der Waals surface area contributed by atoms with Gasteiger partial charge in [-0.2, -0.15) is 0 Å². The molecule has 0 aliphatic carbocycles. The molecule has 2 aromatic rings. The minimum atomic E-state index is 0.580. The second-order valence-corrected chi connectivity index (χ2v) is 5.13. The number of aryl methyl sites for hydroxylation is 1. The van der Waals surface area contributed by atoms with Crippen molar-refractivity contribution in [3.05, 3.63) is 45.3 Å². The largest absolute Gasteiger partial charge is 0.493 e. The molecule has 0 aliphatic heterocycles. The van der Waals surface area contributed by atoms with Crippen LogP contribution in [0.2, 0.25) is 5.02 Å². The Bertz CT molecular complexity index is 554. The van der Waals surface area contributed by atoms with Gasteiger partial charge in [0.05, 0.1) is 23.8 Å². The van der Waals surface area contributed by atoms with Crippen molar-refractivity contribution in [2.75, 3.05) is 12.4 Å². The van der Waals surface area contributed by atoms with E-state index in [0.717, 1.165) is 27.4 Å². The molecule has 1 aromatic heterocycles. The number of methoxy groups -OCH3 is 1. The van der Waals surface area contributed by atoms with Crippen LogP contribution in [-0.4, -0.2) is 7.11 Å². The summed E-state index contributed by atoms with van der Waals surface area (Å²) in [5.41, 5.74) is 0.825. The zero-order valence-electron chi connectivity index (χ0n) is 10.1. The SMILES string of the molecule is COc1c(Br)cc(Cl)cc1NCc1ccc(C)o1. The Labute approximate surface area is 119 Å². The first kappa shape index (κ1) is 13.3. The van der Waals surface area contributed by atoms with Crippen LogP contribution in [0.1, 0.15) is 11.5 Å². The third-order valence-electron chi connectivity index (χ3n) is 2.46. The maximum atomic E-state index is 6.02. The van der Waals surface area contributed by atoms with Crippen LogP contribution in [0, 0.1) is 6.92 Å². The smallest absolute Gasteiger partial charge is 0.156 e. The van der Waals surface area contributed by atoms with E-state index in [9.17, 15) is 0 Å². The summed E-state index contributed by atoms with van der Waals surface area (Å²) in [4.78, 5) is 0. The molecule has 0 aliphatic rings. The van der Waals surface area contributed by atoms with Gasteiger partial charge in [-0.1, -0.05) is 11.6 Å². The highest BCUT2D eigenvalue weighted by atomic mass is 79.9. The average Bonchev–Trinajstić information content (AvgIpc) is 2.72. The Morgan fingerprint density at radius 2 is 2.17 bits per heavy atom. The molecule has 0 fully saturated rings. The minimum absolute atomic E-state index is 0.580. The van der Waals surface area contributed by atoms with E-state index in [1.54, 1.807) is 13.2 Å². The normalized spacial score (nSPS) is 10.4. The summed E-state index contributed by atoms with van der Waals surface area (Å²) in [7, 11) is 1.62. The van der Waals surface area contributed by atoms with Gasteiger partial charge in [-0.3, -0.25) is 0 Å². The van der Waals surface area contributed by atoms with Crippen molar-refractivity contribution in [2.24, 2.45) is 0 Å². The van der Waals surface area contributed by atoms with Crippen LogP contribution in [0.25, 0.3) is 0 Å². The summed E-state index contributed by atoms with van der Waals surface area (Å²) >= 11 is 9.43. The summed E-state index contributed by atoms with van der Waals surface area (Å²) in [6.45, 7) is 2.50. The van der Waals surface area contributed by atoms with Gasteiger partial charge in [0, 0.05) is 5.02 Å². The summed E-state index contributed by atoms with van der Waals surface area (Å²) in [5.74, 6) is 2.49. The van der Waals surface area contributed by atoms with Crippen LogP contribution < -0.4 is 10.1 Å². The van der Waals surface area contributed by atoms with E-state index in [1.807, 2.05) is 25.1 Å². The van der Waals surface area contributed by atoms with Crippen molar-refractivity contribution in [1.82, 2.24) is 0 Å². The van der Waals surface area contributed by atoms with Crippen LogP contribution in [0.3, 0.4) is 0 Å². The molecular formula is C13H13BrClNO2. The molecule has 1 heterocycles. The lowest BCUT2D eigenvalue weighted by atomic mass is 10.3. The monoisotopic (exact) mass is 329 g/mol. The molecule has 0 bridgehead atoms. The molecule has 0 radical (unpaired) electrons. The molecule has 0 spiro atoms. The van der Waals surface area contributed by atoms with Gasteiger partial charge in [-0.25, -0.2) is 0 Å². The third-order valence-corrected chi connectivity index (χ3v) is 3.27. The van der Waals surface area contributed by atoms with Gasteiger partial charge >= 0.3 is 0 Å². The number of anilines is 1. The van der Waals surface area contributed by atoms with Crippen molar-refractivity contribution in [1.29, 1.82) is 0 Å². The summed E-state index contributed by atoms with van der Waals surface area (Å²) in [6.07, 6.45) is 0. The molecule has 0 atom stereocenters. The second kappa shape index (κ2) is 5.67. The first-order chi connectivity index (χ1) is 8.60. The predicted molar refractivity (Wildman–Crippen MR) is 76.5 cm³/mol. The van der Waals surface area contributed by atoms with Crippen LogP contribution in [-0.2, 0) is 6.54 Å². The maximum Gasteiger partial charge on any atom is 0.156 e. The van der Waals surface area contributed by atoms with Crippen molar-refractivity contribution in [3.8, 4) is 5.75 Å². The lowest BCUT2D eigenvalue weighted by Gasteiger charge is -2.12. The van der Waals surface area contributed by atoms with Crippen molar-refractivity contribution in [3.63, 3.8) is 0 Å². The molecule has 0 unspecified atom stereocenters. The maximum absolute atomic E-state index is 6.02. The molecule has 0 saturated heterocycles. The summed E-state index contributed by atoms with van der Waals surface area (Å²) in [6, 6.07) is 7.49. The number of halogens is 2. The number of hydrogen-bond acceptors (Lipinski definition) is 3. The highest BCUT2D eigenvalue weighted by molar-refractivity contribution is 9.10. The summed E-state index contributed by atoms with van der Waals surface area (Å²) < 4.78 is 11.6. The van der Waals surface area contributed by atoms with Gasteiger partial charge in [0.1, 0.15) is 11.5 Å². The molecule has 3 nitrogen and oxygen atoms in total. The van der Waals surface area contributed by atoms with Gasteiger partial charge in [0.15, 0.2) is 5.75 Å². The quantitative estimate of drug-likeness (QED) is 0.888. The highest BCUT2D eigenvalue weighted by Gasteiger charge is 2.09. The number of rotatable bonds is 4. The van der Waals surface area contributed by atoms with Crippen LogP contribution in [0.15, 0.2) is 33.2 Å². The standard InChI is InChI=1S/C13H13BrClNO2/c1-8-3-4-10(18-8)7-16-12-6-9(15)5-11(14)13(12)17-2/h3-6,16H,7H2,1-2H3. The molecule has 0 amide bonds. The second-order valence-electron chi connectivity index (χ2n) is 3.83. The number of hydrogen-bond donors (Lipinski definition) is 1. The van der Waals surface area contributed by atoms with Crippen molar-refractivity contribution < 1.29 is 9.15 Å². The van der Waals surface area contributed by atoms with Crippen LogP contribution >= 0.6 is 27.5 Å². The summed E-state index contributed by atoms with van der Waals surface area (Å²) in [5, 5.41) is 3.88. The lowest BCUT2D eigenvalue weighted by Crippen LogP contribution is -2.01. The van der Waals surface area contributed by atoms with E-state index in [-0.39, 0.29) is 0 Å². The minimum Gasteiger partial charge on any atom is -0.493 e. The fraction of sp³-hybridized carbons (Fsp3) is 0.231. The predicted octanol–water partition coefficient (Wildman–Crippen LogP) is 4.62. The fourth-order valence-corrected chi connectivity index (χ4v) is 2.63. The van der Waals surface area contributed by atoms with Crippen molar-refractivity contribution >= 4 is 33.2 Å². The lowest BCUT2D eigenvalue weighted by molar-refractivity contribution is 0.413. The van der Waals surface area contributed by atoms with Gasteiger partial charge in [0.25, 0.3) is 0 Å². The zero-order valence-corrected chi connectivity index (χ0v) is 12.4. The van der Waals surface area contributed by atoms with E-state index >= 15 is 0 Å². The van der Waals surface area contributed by atoms with E-state index in [2.05, 4.69) is 21.2 Å². The molecule has 2 rings (SSSR count). The van der Waals surface area contributed by atoms with Crippen LogP contribution in [0.4, 0.5) is 5.69 Å². The fourth-order valence-electron chi connectivity index (χ4n) is 1.66. The Balaban J connectivity index is 2.18. The average molecular weight is 331 g/mol. The van der Waals surface area contributed by atoms with E-state index in [0.29, 0.717) is 11.6 Å². The number of benzene rings is 1. The molecule has 18 heavy (non-hydrogen) atoms.